The van der Waals surface area contributed by atoms with Gasteiger partial charge in [0.2, 0.25) is 0 Å². The second-order valence-electron chi connectivity index (χ2n) is 5.74. The highest BCUT2D eigenvalue weighted by Crippen LogP contribution is 2.19. The van der Waals surface area contributed by atoms with Crippen molar-refractivity contribution < 1.29 is 9.53 Å². The number of amides is 1. The first-order chi connectivity index (χ1) is 10.6. The summed E-state index contributed by atoms with van der Waals surface area (Å²) in [6, 6.07) is 4.03. The lowest BCUT2D eigenvalue weighted by Crippen LogP contribution is -2.40. The normalized spacial score (nSPS) is 21.0. The van der Waals surface area contributed by atoms with Crippen LogP contribution in [0.3, 0.4) is 0 Å². The molecule has 6 heteroatoms. The van der Waals surface area contributed by atoms with Crippen LogP contribution >= 0.6 is 0 Å². The molecule has 1 N–H and O–H groups in total. The highest BCUT2D eigenvalue weighted by atomic mass is 16.5. The topological polar surface area (TPSA) is 69.0 Å². The van der Waals surface area contributed by atoms with Crippen LogP contribution in [0.5, 0.6) is 0 Å². The average Bonchev–Trinajstić information content (AvgIpc) is 3.06. The second-order valence-corrected chi connectivity index (χ2v) is 5.74. The standard InChI is InChI=1S/C16H20N4O2/c1-11-14(8-20(2)19-11)16(21)18-15-10-22-9-13(15)7-12-3-5-17-6-4-12/h3-6,8,13,15H,7,9-10H2,1-2H3,(H,18,21)/t13-,15+/m1/s1. The monoisotopic (exact) mass is 300 g/mol. The zero-order valence-electron chi connectivity index (χ0n) is 12.8. The van der Waals surface area contributed by atoms with Crippen molar-refractivity contribution in [2.24, 2.45) is 13.0 Å². The Morgan fingerprint density at radius 2 is 2.18 bits per heavy atom. The summed E-state index contributed by atoms with van der Waals surface area (Å²) in [5, 5.41) is 7.30. The molecule has 2 aromatic heterocycles. The summed E-state index contributed by atoms with van der Waals surface area (Å²) in [6.45, 7) is 3.06. The molecule has 3 heterocycles. The fourth-order valence-corrected chi connectivity index (χ4v) is 2.85. The minimum Gasteiger partial charge on any atom is -0.379 e. The fraction of sp³-hybridized carbons (Fsp3) is 0.438. The second kappa shape index (κ2) is 6.27. The van der Waals surface area contributed by atoms with Crippen LogP contribution in [0.1, 0.15) is 21.6 Å². The Hall–Kier alpha value is -2.21. The van der Waals surface area contributed by atoms with E-state index < -0.39 is 0 Å². The van der Waals surface area contributed by atoms with Crippen molar-refractivity contribution in [2.75, 3.05) is 13.2 Å². The van der Waals surface area contributed by atoms with Crippen molar-refractivity contribution in [1.29, 1.82) is 0 Å². The van der Waals surface area contributed by atoms with Crippen molar-refractivity contribution in [3.8, 4) is 0 Å². The van der Waals surface area contributed by atoms with Gasteiger partial charge < -0.3 is 10.1 Å². The van der Waals surface area contributed by atoms with Crippen molar-refractivity contribution in [3.63, 3.8) is 0 Å². The molecule has 1 saturated heterocycles. The third kappa shape index (κ3) is 3.17. The predicted molar refractivity (Wildman–Crippen MR) is 81.4 cm³/mol. The third-order valence-electron chi connectivity index (χ3n) is 4.02. The van der Waals surface area contributed by atoms with E-state index in [1.807, 2.05) is 26.1 Å². The molecule has 1 amide bonds. The van der Waals surface area contributed by atoms with Gasteiger partial charge in [-0.2, -0.15) is 5.10 Å². The van der Waals surface area contributed by atoms with Gasteiger partial charge in [0.1, 0.15) is 0 Å². The molecule has 2 atom stereocenters. The minimum absolute atomic E-state index is 0.0280. The Morgan fingerprint density at radius 3 is 2.86 bits per heavy atom. The zero-order valence-corrected chi connectivity index (χ0v) is 12.8. The molecule has 1 fully saturated rings. The van der Waals surface area contributed by atoms with Crippen molar-refractivity contribution in [3.05, 3.63) is 47.5 Å². The molecule has 0 spiro atoms. The lowest BCUT2D eigenvalue weighted by atomic mass is 9.95. The highest BCUT2D eigenvalue weighted by Gasteiger charge is 2.30. The molecule has 22 heavy (non-hydrogen) atoms. The van der Waals surface area contributed by atoms with Gasteiger partial charge in [-0.05, 0) is 31.0 Å². The Labute approximate surface area is 129 Å². The molecule has 1 aliphatic heterocycles. The Kier molecular flexibility index (Phi) is 4.20. The van der Waals surface area contributed by atoms with Crippen LogP contribution in [0.25, 0.3) is 0 Å². The van der Waals surface area contributed by atoms with E-state index >= 15 is 0 Å². The van der Waals surface area contributed by atoms with Gasteiger partial charge in [-0.3, -0.25) is 14.5 Å². The maximum Gasteiger partial charge on any atom is 0.255 e. The number of carbonyl (C=O) groups is 1. The number of nitrogens with one attached hydrogen (secondary N) is 1. The first kappa shape index (κ1) is 14.7. The average molecular weight is 300 g/mol. The molecule has 1 aliphatic rings. The molecule has 0 unspecified atom stereocenters. The maximum absolute atomic E-state index is 12.4. The molecule has 0 bridgehead atoms. The van der Waals surface area contributed by atoms with Gasteiger partial charge in [0, 0.05) is 31.6 Å². The molecule has 3 rings (SSSR count). The number of hydrogen-bond donors (Lipinski definition) is 1. The SMILES string of the molecule is Cc1nn(C)cc1C(=O)N[C@H]1COC[C@H]1Cc1ccncc1. The summed E-state index contributed by atoms with van der Waals surface area (Å²) in [4.78, 5) is 16.4. The van der Waals surface area contributed by atoms with Gasteiger partial charge in [-0.1, -0.05) is 0 Å². The lowest BCUT2D eigenvalue weighted by Gasteiger charge is -2.19. The highest BCUT2D eigenvalue weighted by molar-refractivity contribution is 5.95. The van der Waals surface area contributed by atoms with Crippen LogP contribution in [-0.2, 0) is 18.2 Å². The van der Waals surface area contributed by atoms with Gasteiger partial charge in [0.05, 0.1) is 30.5 Å². The van der Waals surface area contributed by atoms with E-state index in [2.05, 4.69) is 15.4 Å². The molecular formula is C16H20N4O2. The van der Waals surface area contributed by atoms with E-state index in [1.54, 1.807) is 23.3 Å². The quantitative estimate of drug-likeness (QED) is 0.918. The third-order valence-corrected chi connectivity index (χ3v) is 4.02. The summed E-state index contributed by atoms with van der Waals surface area (Å²) >= 11 is 0. The first-order valence-corrected chi connectivity index (χ1v) is 7.41. The van der Waals surface area contributed by atoms with Gasteiger partial charge in [0.25, 0.3) is 5.91 Å². The van der Waals surface area contributed by atoms with Gasteiger partial charge >= 0.3 is 0 Å². The number of nitrogens with zero attached hydrogens (tertiary/aromatic N) is 3. The smallest absolute Gasteiger partial charge is 0.255 e. The summed E-state index contributed by atoms with van der Waals surface area (Å²) in [6.07, 6.45) is 6.20. The number of hydrogen-bond acceptors (Lipinski definition) is 4. The van der Waals surface area contributed by atoms with Crippen LogP contribution in [-0.4, -0.2) is 39.9 Å². The summed E-state index contributed by atoms with van der Waals surface area (Å²) < 4.78 is 7.22. The van der Waals surface area contributed by atoms with Crippen LogP contribution in [0.15, 0.2) is 30.7 Å². The Balaban J connectivity index is 1.66. The molecule has 0 aromatic carbocycles. The van der Waals surface area contributed by atoms with E-state index in [1.165, 1.54) is 5.56 Å². The van der Waals surface area contributed by atoms with Gasteiger partial charge in [0.15, 0.2) is 0 Å². The first-order valence-electron chi connectivity index (χ1n) is 7.41. The van der Waals surface area contributed by atoms with Crippen molar-refractivity contribution in [1.82, 2.24) is 20.1 Å². The lowest BCUT2D eigenvalue weighted by molar-refractivity contribution is 0.0924. The molecule has 116 valence electrons. The van der Waals surface area contributed by atoms with E-state index in [4.69, 9.17) is 4.74 Å². The molecule has 0 radical (unpaired) electrons. The van der Waals surface area contributed by atoms with E-state index in [9.17, 15) is 4.79 Å². The maximum atomic E-state index is 12.4. The van der Waals surface area contributed by atoms with Gasteiger partial charge in [-0.25, -0.2) is 0 Å². The molecule has 6 nitrogen and oxygen atoms in total. The van der Waals surface area contributed by atoms with Crippen LogP contribution in [0.2, 0.25) is 0 Å². The Morgan fingerprint density at radius 1 is 1.41 bits per heavy atom. The number of pyridine rings is 1. The van der Waals surface area contributed by atoms with Crippen molar-refractivity contribution >= 4 is 5.91 Å². The van der Waals surface area contributed by atoms with E-state index in [0.29, 0.717) is 18.8 Å². The summed E-state index contributed by atoms with van der Waals surface area (Å²) in [5.74, 6) is 0.198. The van der Waals surface area contributed by atoms with Crippen LogP contribution < -0.4 is 5.32 Å². The largest absolute Gasteiger partial charge is 0.379 e. The molecule has 2 aromatic rings. The predicted octanol–water partition coefficient (Wildman–Crippen LogP) is 1.11. The van der Waals surface area contributed by atoms with Crippen LogP contribution in [0.4, 0.5) is 0 Å². The summed E-state index contributed by atoms with van der Waals surface area (Å²) in [7, 11) is 1.81. The Bertz CT molecular complexity index is 653. The number of ether oxygens (including phenoxy) is 1. The van der Waals surface area contributed by atoms with E-state index in [0.717, 1.165) is 12.1 Å². The zero-order chi connectivity index (χ0) is 15.5. The number of carbonyl (C=O) groups excluding carboxylic acids is 1. The molecule has 0 aliphatic carbocycles. The van der Waals surface area contributed by atoms with Crippen molar-refractivity contribution in [2.45, 2.75) is 19.4 Å². The number of aryl methyl sites for hydroxylation is 2. The number of aromatic nitrogens is 3. The molecular weight excluding hydrogens is 280 g/mol. The van der Waals surface area contributed by atoms with Gasteiger partial charge in [-0.15, -0.1) is 0 Å². The molecule has 0 saturated carbocycles. The van der Waals surface area contributed by atoms with E-state index in [-0.39, 0.29) is 17.9 Å². The fourth-order valence-electron chi connectivity index (χ4n) is 2.85. The number of rotatable bonds is 4. The summed E-state index contributed by atoms with van der Waals surface area (Å²) in [5.41, 5.74) is 2.57. The van der Waals surface area contributed by atoms with Crippen LogP contribution in [0, 0.1) is 12.8 Å². The minimum atomic E-state index is -0.0826.